The Morgan fingerprint density at radius 2 is 2.00 bits per heavy atom. The molecule has 0 aliphatic rings. The van der Waals surface area contributed by atoms with Crippen LogP contribution >= 0.6 is 27.5 Å². The third kappa shape index (κ3) is 4.69. The van der Waals surface area contributed by atoms with Gasteiger partial charge < -0.3 is 10.1 Å². The van der Waals surface area contributed by atoms with Crippen LogP contribution in [0.4, 0.5) is 4.79 Å². The molecule has 106 valence electrons. The van der Waals surface area contributed by atoms with Gasteiger partial charge in [0, 0.05) is 9.50 Å². The first-order valence-corrected chi connectivity index (χ1v) is 7.23. The van der Waals surface area contributed by atoms with Crippen LogP contribution in [-0.4, -0.2) is 11.7 Å². The summed E-state index contributed by atoms with van der Waals surface area (Å²) in [7, 11) is 0. The highest BCUT2D eigenvalue weighted by atomic mass is 79.9. The summed E-state index contributed by atoms with van der Waals surface area (Å²) in [6.07, 6.45) is -0.448. The Hall–Kier alpha value is -0.740. The monoisotopic (exact) mass is 347 g/mol. The van der Waals surface area contributed by atoms with Gasteiger partial charge in [0.05, 0.1) is 6.04 Å². The first-order valence-electron chi connectivity index (χ1n) is 6.06. The normalized spacial score (nSPS) is 13.0. The predicted molar refractivity (Wildman–Crippen MR) is 81.7 cm³/mol. The third-order valence-corrected chi connectivity index (χ3v) is 3.91. The van der Waals surface area contributed by atoms with Gasteiger partial charge in [0.15, 0.2) is 0 Å². The van der Waals surface area contributed by atoms with Crippen molar-refractivity contribution in [3.05, 3.63) is 32.8 Å². The second kappa shape index (κ2) is 6.14. The highest BCUT2D eigenvalue weighted by Crippen LogP contribution is 2.31. The van der Waals surface area contributed by atoms with Crippen LogP contribution in [-0.2, 0) is 4.74 Å². The maximum Gasteiger partial charge on any atom is 0.408 e. The van der Waals surface area contributed by atoms with Gasteiger partial charge in [0.2, 0.25) is 0 Å². The minimum Gasteiger partial charge on any atom is -0.444 e. The largest absolute Gasteiger partial charge is 0.444 e. The molecule has 0 fully saturated rings. The number of ether oxygens (including phenoxy) is 1. The standard InChI is InChI=1S/C14H19BrClNO2/c1-8-11(15)7-6-10(12(8)16)9(2)17-13(18)19-14(3,4)5/h6-7,9H,1-5H3,(H,17,18)/t9-/m1/s1. The number of amides is 1. The van der Waals surface area contributed by atoms with E-state index in [0.29, 0.717) is 5.02 Å². The van der Waals surface area contributed by atoms with Crippen molar-refractivity contribution < 1.29 is 9.53 Å². The van der Waals surface area contributed by atoms with Gasteiger partial charge in [-0.3, -0.25) is 0 Å². The van der Waals surface area contributed by atoms with Crippen molar-refractivity contribution in [3.8, 4) is 0 Å². The molecule has 0 saturated carbocycles. The van der Waals surface area contributed by atoms with E-state index in [1.807, 2.05) is 46.8 Å². The molecular weight excluding hydrogens is 330 g/mol. The van der Waals surface area contributed by atoms with Crippen molar-refractivity contribution in [2.45, 2.75) is 46.3 Å². The Balaban J connectivity index is 2.82. The number of hydrogen-bond acceptors (Lipinski definition) is 2. The zero-order valence-electron chi connectivity index (χ0n) is 11.8. The van der Waals surface area contributed by atoms with Gasteiger partial charge in [-0.2, -0.15) is 0 Å². The highest BCUT2D eigenvalue weighted by Gasteiger charge is 2.20. The van der Waals surface area contributed by atoms with E-state index in [0.717, 1.165) is 15.6 Å². The van der Waals surface area contributed by atoms with Crippen LogP contribution in [0.25, 0.3) is 0 Å². The summed E-state index contributed by atoms with van der Waals surface area (Å²) < 4.78 is 6.17. The number of nitrogens with one attached hydrogen (secondary N) is 1. The van der Waals surface area contributed by atoms with Crippen LogP contribution in [0.1, 0.15) is 44.9 Å². The van der Waals surface area contributed by atoms with Gasteiger partial charge in [0.25, 0.3) is 0 Å². The van der Waals surface area contributed by atoms with Crippen LogP contribution in [0.3, 0.4) is 0 Å². The van der Waals surface area contributed by atoms with Gasteiger partial charge in [0.1, 0.15) is 5.60 Å². The molecule has 0 spiro atoms. The number of halogens is 2. The second-order valence-electron chi connectivity index (χ2n) is 5.44. The van der Waals surface area contributed by atoms with Crippen LogP contribution in [0.2, 0.25) is 5.02 Å². The molecule has 1 N–H and O–H groups in total. The first kappa shape index (κ1) is 16.3. The fraction of sp³-hybridized carbons (Fsp3) is 0.500. The van der Waals surface area contributed by atoms with Crippen LogP contribution in [0.15, 0.2) is 16.6 Å². The lowest BCUT2D eigenvalue weighted by Gasteiger charge is -2.23. The molecule has 1 aromatic carbocycles. The van der Waals surface area contributed by atoms with Crippen molar-refractivity contribution in [2.24, 2.45) is 0 Å². The van der Waals surface area contributed by atoms with Crippen LogP contribution in [0, 0.1) is 6.92 Å². The molecule has 0 bridgehead atoms. The minimum atomic E-state index is -0.511. The summed E-state index contributed by atoms with van der Waals surface area (Å²) in [5.74, 6) is 0. The molecule has 5 heteroatoms. The van der Waals surface area contributed by atoms with Crippen molar-refractivity contribution in [3.63, 3.8) is 0 Å². The molecule has 1 aromatic rings. The third-order valence-electron chi connectivity index (χ3n) is 2.55. The molecule has 19 heavy (non-hydrogen) atoms. The number of alkyl carbamates (subject to hydrolysis) is 1. The van der Waals surface area contributed by atoms with E-state index in [-0.39, 0.29) is 6.04 Å². The van der Waals surface area contributed by atoms with Crippen molar-refractivity contribution in [1.29, 1.82) is 0 Å². The zero-order chi connectivity index (χ0) is 14.8. The maximum atomic E-state index is 11.7. The van der Waals surface area contributed by atoms with Crippen molar-refractivity contribution in [2.75, 3.05) is 0 Å². The lowest BCUT2D eigenvalue weighted by molar-refractivity contribution is 0.0508. The Morgan fingerprint density at radius 3 is 2.53 bits per heavy atom. The summed E-state index contributed by atoms with van der Waals surface area (Å²) in [5, 5.41) is 3.43. The molecular formula is C14H19BrClNO2. The molecule has 0 aromatic heterocycles. The Morgan fingerprint density at radius 1 is 1.42 bits per heavy atom. The molecule has 1 rings (SSSR count). The highest BCUT2D eigenvalue weighted by molar-refractivity contribution is 9.10. The fourth-order valence-corrected chi connectivity index (χ4v) is 2.35. The van der Waals surface area contributed by atoms with E-state index >= 15 is 0 Å². The smallest absolute Gasteiger partial charge is 0.408 e. The average Bonchev–Trinajstić information content (AvgIpc) is 2.23. The molecule has 0 aliphatic carbocycles. The molecule has 0 saturated heterocycles. The minimum absolute atomic E-state index is 0.214. The van der Waals surface area contributed by atoms with E-state index in [1.54, 1.807) is 0 Å². The van der Waals surface area contributed by atoms with Gasteiger partial charge in [-0.05, 0) is 51.8 Å². The maximum absolute atomic E-state index is 11.7. The summed E-state index contributed by atoms with van der Waals surface area (Å²) >= 11 is 9.71. The van der Waals surface area contributed by atoms with E-state index in [9.17, 15) is 4.79 Å². The van der Waals surface area contributed by atoms with Gasteiger partial charge in [-0.25, -0.2) is 4.79 Å². The molecule has 0 heterocycles. The number of benzene rings is 1. The molecule has 1 atom stereocenters. The van der Waals surface area contributed by atoms with E-state index in [1.165, 1.54) is 0 Å². The number of carbonyl (C=O) groups is 1. The zero-order valence-corrected chi connectivity index (χ0v) is 14.1. The molecule has 1 amide bonds. The van der Waals surface area contributed by atoms with Crippen LogP contribution in [0.5, 0.6) is 0 Å². The van der Waals surface area contributed by atoms with E-state index in [4.69, 9.17) is 16.3 Å². The SMILES string of the molecule is Cc1c(Br)ccc([C@@H](C)NC(=O)OC(C)(C)C)c1Cl. The second-order valence-corrected chi connectivity index (χ2v) is 6.68. The van der Waals surface area contributed by atoms with Crippen molar-refractivity contribution in [1.82, 2.24) is 5.32 Å². The summed E-state index contributed by atoms with van der Waals surface area (Å²) in [6, 6.07) is 3.60. The van der Waals surface area contributed by atoms with Crippen molar-refractivity contribution >= 4 is 33.6 Å². The topological polar surface area (TPSA) is 38.3 Å². The Kier molecular flexibility index (Phi) is 5.27. The quantitative estimate of drug-likeness (QED) is 0.817. The summed E-state index contributed by atoms with van der Waals surface area (Å²) in [4.78, 5) is 11.7. The van der Waals surface area contributed by atoms with Gasteiger partial charge in [-0.15, -0.1) is 0 Å². The fourth-order valence-electron chi connectivity index (χ4n) is 1.58. The van der Waals surface area contributed by atoms with E-state index < -0.39 is 11.7 Å². The average molecular weight is 349 g/mol. The molecule has 0 unspecified atom stereocenters. The Bertz CT molecular complexity index is 483. The van der Waals surface area contributed by atoms with Gasteiger partial charge >= 0.3 is 6.09 Å². The van der Waals surface area contributed by atoms with Gasteiger partial charge in [-0.1, -0.05) is 33.6 Å². The summed E-state index contributed by atoms with van der Waals surface area (Å²) in [5.41, 5.74) is 1.31. The predicted octanol–water partition coefficient (Wildman–Crippen LogP) is 5.00. The lowest BCUT2D eigenvalue weighted by atomic mass is 10.1. The lowest BCUT2D eigenvalue weighted by Crippen LogP contribution is -2.34. The first-order chi connectivity index (χ1) is 8.61. The summed E-state index contributed by atoms with van der Waals surface area (Å²) in [6.45, 7) is 9.28. The van der Waals surface area contributed by atoms with Crippen LogP contribution < -0.4 is 5.32 Å². The molecule has 0 radical (unpaired) electrons. The molecule has 3 nitrogen and oxygen atoms in total. The Labute approximate surface area is 127 Å². The number of hydrogen-bond donors (Lipinski definition) is 1. The molecule has 0 aliphatic heterocycles. The number of carbonyl (C=O) groups excluding carboxylic acids is 1. The van der Waals surface area contributed by atoms with E-state index in [2.05, 4.69) is 21.2 Å². The number of rotatable bonds is 2.